The molecular formula is C19H23IN2O3S. The highest BCUT2D eigenvalue weighted by Crippen LogP contribution is 2.28. The van der Waals surface area contributed by atoms with Gasteiger partial charge in [0.15, 0.2) is 0 Å². The van der Waals surface area contributed by atoms with Gasteiger partial charge in [0.05, 0.1) is 11.9 Å². The normalized spacial score (nSPS) is 11.3. The van der Waals surface area contributed by atoms with E-state index in [4.69, 9.17) is 0 Å². The van der Waals surface area contributed by atoms with Gasteiger partial charge in [-0.05, 0) is 85.2 Å². The molecule has 26 heavy (non-hydrogen) atoms. The lowest BCUT2D eigenvalue weighted by molar-refractivity contribution is -0.114. The van der Waals surface area contributed by atoms with Gasteiger partial charge in [0.2, 0.25) is 15.9 Å². The number of carbonyl (C=O) groups excluding carboxylic acids is 1. The van der Waals surface area contributed by atoms with Crippen LogP contribution in [0, 0.1) is 31.3 Å². The molecule has 0 spiro atoms. The lowest BCUT2D eigenvalue weighted by atomic mass is 10.1. The number of aryl methyl sites for hydroxylation is 4. The van der Waals surface area contributed by atoms with Gasteiger partial charge >= 0.3 is 0 Å². The van der Waals surface area contributed by atoms with Gasteiger partial charge in [-0.3, -0.25) is 9.10 Å². The van der Waals surface area contributed by atoms with Gasteiger partial charge in [-0.1, -0.05) is 17.7 Å². The van der Waals surface area contributed by atoms with Gasteiger partial charge in [0.1, 0.15) is 6.54 Å². The molecule has 0 aliphatic heterocycles. The summed E-state index contributed by atoms with van der Waals surface area (Å²) in [6, 6.07) is 9.51. The molecule has 140 valence electrons. The molecule has 0 aliphatic rings. The van der Waals surface area contributed by atoms with Crippen molar-refractivity contribution in [2.45, 2.75) is 27.7 Å². The van der Waals surface area contributed by atoms with E-state index in [9.17, 15) is 13.2 Å². The molecule has 0 heterocycles. The third-order valence-corrected chi connectivity index (χ3v) is 5.82. The molecule has 7 heteroatoms. The summed E-state index contributed by atoms with van der Waals surface area (Å²) < 4.78 is 27.0. The van der Waals surface area contributed by atoms with Gasteiger partial charge < -0.3 is 5.32 Å². The molecule has 0 aliphatic carbocycles. The molecule has 0 atom stereocenters. The highest BCUT2D eigenvalue weighted by atomic mass is 127. The molecule has 0 unspecified atom stereocenters. The maximum atomic E-state index is 12.6. The van der Waals surface area contributed by atoms with Crippen molar-refractivity contribution in [2.24, 2.45) is 0 Å². The highest BCUT2D eigenvalue weighted by molar-refractivity contribution is 14.1. The van der Waals surface area contributed by atoms with Crippen LogP contribution in [0.3, 0.4) is 0 Å². The van der Waals surface area contributed by atoms with Crippen LogP contribution in [0.25, 0.3) is 0 Å². The van der Waals surface area contributed by atoms with E-state index in [1.54, 1.807) is 0 Å². The fraction of sp³-hybridized carbons (Fsp3) is 0.316. The van der Waals surface area contributed by atoms with Crippen molar-refractivity contribution >= 4 is 49.9 Å². The van der Waals surface area contributed by atoms with Gasteiger partial charge in [-0.25, -0.2) is 8.42 Å². The molecule has 1 amide bonds. The Hall–Kier alpha value is -1.61. The fourth-order valence-electron chi connectivity index (χ4n) is 3.02. The lowest BCUT2D eigenvalue weighted by Crippen LogP contribution is -2.38. The molecule has 0 bridgehead atoms. The largest absolute Gasteiger partial charge is 0.324 e. The van der Waals surface area contributed by atoms with Crippen LogP contribution < -0.4 is 9.62 Å². The van der Waals surface area contributed by atoms with Crippen LogP contribution in [-0.4, -0.2) is 27.1 Å². The zero-order valence-corrected chi connectivity index (χ0v) is 18.5. The summed E-state index contributed by atoms with van der Waals surface area (Å²) in [5.74, 6) is -0.376. The van der Waals surface area contributed by atoms with Gasteiger partial charge in [0, 0.05) is 9.26 Å². The van der Waals surface area contributed by atoms with E-state index in [-0.39, 0.29) is 12.5 Å². The molecule has 5 nitrogen and oxygen atoms in total. The summed E-state index contributed by atoms with van der Waals surface area (Å²) in [4.78, 5) is 12.6. The van der Waals surface area contributed by atoms with E-state index in [1.807, 2.05) is 58.0 Å². The average molecular weight is 486 g/mol. The number of anilines is 2. The van der Waals surface area contributed by atoms with Crippen LogP contribution in [0.5, 0.6) is 0 Å². The highest BCUT2D eigenvalue weighted by Gasteiger charge is 2.24. The van der Waals surface area contributed by atoms with Gasteiger partial charge in [-0.2, -0.15) is 0 Å². The summed E-state index contributed by atoms with van der Waals surface area (Å²) in [6.45, 7) is 7.31. The van der Waals surface area contributed by atoms with E-state index in [1.165, 1.54) is 4.31 Å². The summed E-state index contributed by atoms with van der Waals surface area (Å²) >= 11 is 2.20. The number of nitrogens with one attached hydrogen (secondary N) is 1. The van der Waals surface area contributed by atoms with Crippen LogP contribution in [0.1, 0.15) is 22.3 Å². The minimum atomic E-state index is -3.61. The Morgan fingerprint density at radius 3 is 2.12 bits per heavy atom. The summed E-state index contributed by atoms with van der Waals surface area (Å²) in [5.41, 5.74) is 4.88. The topological polar surface area (TPSA) is 66.5 Å². The predicted molar refractivity (Wildman–Crippen MR) is 115 cm³/mol. The molecule has 0 radical (unpaired) electrons. The van der Waals surface area contributed by atoms with Crippen LogP contribution >= 0.6 is 22.6 Å². The maximum Gasteiger partial charge on any atom is 0.245 e. The second-order valence-electron chi connectivity index (χ2n) is 6.52. The molecule has 0 saturated carbocycles. The quantitative estimate of drug-likeness (QED) is 0.652. The number of hydrogen-bond donors (Lipinski definition) is 1. The van der Waals surface area contributed by atoms with Crippen molar-refractivity contribution in [1.29, 1.82) is 0 Å². The molecule has 0 fully saturated rings. The lowest BCUT2D eigenvalue weighted by Gasteiger charge is -2.26. The predicted octanol–water partition coefficient (Wildman–Crippen LogP) is 3.93. The number of amides is 1. The van der Waals surface area contributed by atoms with Crippen LogP contribution in [0.2, 0.25) is 0 Å². The number of benzene rings is 2. The van der Waals surface area contributed by atoms with Crippen LogP contribution in [0.4, 0.5) is 11.4 Å². The Kier molecular flexibility index (Phi) is 6.33. The van der Waals surface area contributed by atoms with Crippen molar-refractivity contribution < 1.29 is 13.2 Å². The Morgan fingerprint density at radius 2 is 1.62 bits per heavy atom. The Balaban J connectivity index is 2.34. The zero-order valence-electron chi connectivity index (χ0n) is 15.6. The average Bonchev–Trinajstić information content (AvgIpc) is 2.47. The van der Waals surface area contributed by atoms with Crippen molar-refractivity contribution in [3.63, 3.8) is 0 Å². The summed E-state index contributed by atoms with van der Waals surface area (Å²) in [7, 11) is -3.61. The van der Waals surface area contributed by atoms with E-state index in [0.29, 0.717) is 11.4 Å². The standard InChI is InChI=1S/C19H23IN2O3S/c1-12-8-14(3)19(15(4)9-12)22(26(5,24)25)11-18(23)21-17-7-6-16(20)10-13(17)2/h6-10H,11H2,1-5H3,(H,21,23). The minimum absolute atomic E-state index is 0.269. The van der Waals surface area contributed by atoms with Crippen molar-refractivity contribution in [1.82, 2.24) is 0 Å². The third-order valence-electron chi connectivity index (χ3n) is 4.03. The number of halogens is 1. The number of hydrogen-bond acceptors (Lipinski definition) is 3. The Bertz CT molecular complexity index is 932. The Morgan fingerprint density at radius 1 is 1.04 bits per heavy atom. The molecule has 2 aromatic rings. The molecule has 2 aromatic carbocycles. The van der Waals surface area contributed by atoms with E-state index >= 15 is 0 Å². The van der Waals surface area contributed by atoms with Crippen LogP contribution in [0.15, 0.2) is 30.3 Å². The molecule has 2 rings (SSSR count). The fourth-order valence-corrected chi connectivity index (χ4v) is 4.63. The van der Waals surface area contributed by atoms with Crippen molar-refractivity contribution in [3.05, 3.63) is 56.2 Å². The summed E-state index contributed by atoms with van der Waals surface area (Å²) in [5, 5.41) is 2.81. The monoisotopic (exact) mass is 486 g/mol. The first-order valence-corrected chi connectivity index (χ1v) is 11.0. The maximum absolute atomic E-state index is 12.6. The zero-order chi connectivity index (χ0) is 19.6. The second-order valence-corrected chi connectivity index (χ2v) is 9.68. The first kappa shape index (κ1) is 20.7. The third kappa shape index (κ3) is 4.97. The molecule has 0 saturated heterocycles. The first-order chi connectivity index (χ1) is 12.0. The summed E-state index contributed by atoms with van der Waals surface area (Å²) in [6.07, 6.45) is 1.12. The number of nitrogens with zero attached hydrogens (tertiary/aromatic N) is 1. The number of carbonyl (C=O) groups is 1. The SMILES string of the molecule is Cc1cc(C)c(N(CC(=O)Nc2ccc(I)cc2C)S(C)(=O)=O)c(C)c1. The smallest absolute Gasteiger partial charge is 0.245 e. The molecule has 1 N–H and O–H groups in total. The molecule has 0 aromatic heterocycles. The first-order valence-electron chi connectivity index (χ1n) is 8.10. The second kappa shape index (κ2) is 7.96. The van der Waals surface area contributed by atoms with E-state index < -0.39 is 10.0 Å². The Labute approximate surface area is 169 Å². The van der Waals surface area contributed by atoms with Gasteiger partial charge in [-0.15, -0.1) is 0 Å². The molecular weight excluding hydrogens is 463 g/mol. The number of rotatable bonds is 5. The van der Waals surface area contributed by atoms with Crippen LogP contribution in [-0.2, 0) is 14.8 Å². The van der Waals surface area contributed by atoms with Crippen molar-refractivity contribution in [3.8, 4) is 0 Å². The van der Waals surface area contributed by atoms with E-state index in [0.717, 1.165) is 32.1 Å². The van der Waals surface area contributed by atoms with Crippen molar-refractivity contribution in [2.75, 3.05) is 22.4 Å². The number of sulfonamides is 1. The minimum Gasteiger partial charge on any atom is -0.324 e. The van der Waals surface area contributed by atoms with Gasteiger partial charge in [0.25, 0.3) is 0 Å². The van der Waals surface area contributed by atoms with E-state index in [2.05, 4.69) is 27.9 Å².